The molecule has 0 atom stereocenters. The molecule has 3 nitrogen and oxygen atoms in total. The largest absolute Gasteiger partial charge is 0.465 e. The van der Waals surface area contributed by atoms with Gasteiger partial charge in [0, 0.05) is 6.54 Å². The van der Waals surface area contributed by atoms with Crippen molar-refractivity contribution < 1.29 is 18.3 Å². The summed E-state index contributed by atoms with van der Waals surface area (Å²) in [5.41, 5.74) is 0.569. The number of methoxy groups -OCH3 is 1. The number of nitrogens with one attached hydrogen (secondary N) is 1. The van der Waals surface area contributed by atoms with Crippen LogP contribution >= 0.6 is 11.3 Å². The van der Waals surface area contributed by atoms with Crippen LogP contribution < -0.4 is 5.32 Å². The zero-order valence-corrected chi connectivity index (χ0v) is 10.9. The number of halogens is 2. The topological polar surface area (TPSA) is 38.3 Å². The van der Waals surface area contributed by atoms with Crippen LogP contribution in [0.25, 0.3) is 0 Å². The Hall–Kier alpha value is -1.95. The van der Waals surface area contributed by atoms with Crippen LogP contribution in [0.4, 0.5) is 14.5 Å². The van der Waals surface area contributed by atoms with Gasteiger partial charge < -0.3 is 10.1 Å². The van der Waals surface area contributed by atoms with Crippen LogP contribution in [0.1, 0.15) is 15.9 Å². The van der Waals surface area contributed by atoms with Crippen molar-refractivity contribution in [2.45, 2.75) is 6.54 Å². The van der Waals surface area contributed by atoms with Crippen molar-refractivity contribution in [2.24, 2.45) is 0 Å². The van der Waals surface area contributed by atoms with E-state index in [9.17, 15) is 13.6 Å². The van der Waals surface area contributed by atoms with Crippen LogP contribution in [-0.2, 0) is 11.3 Å². The molecule has 0 radical (unpaired) electrons. The van der Waals surface area contributed by atoms with Crippen LogP contribution in [0.2, 0.25) is 0 Å². The molecule has 2 aromatic rings. The SMILES string of the molecule is COC(=O)c1ccc(NCc2ccsc2)c(F)c1F. The van der Waals surface area contributed by atoms with E-state index in [0.717, 1.165) is 12.7 Å². The second-order valence-electron chi connectivity index (χ2n) is 3.77. The fourth-order valence-electron chi connectivity index (χ4n) is 1.54. The number of rotatable bonds is 4. The molecule has 0 amide bonds. The third-order valence-corrected chi connectivity index (χ3v) is 3.28. The smallest absolute Gasteiger partial charge is 0.340 e. The van der Waals surface area contributed by atoms with E-state index in [1.54, 1.807) is 0 Å². The molecule has 0 aliphatic carbocycles. The Bertz CT molecular complexity index is 585. The lowest BCUT2D eigenvalue weighted by molar-refractivity contribution is 0.0594. The van der Waals surface area contributed by atoms with Crippen molar-refractivity contribution in [2.75, 3.05) is 12.4 Å². The molecule has 0 aliphatic rings. The van der Waals surface area contributed by atoms with Gasteiger partial charge in [0.25, 0.3) is 0 Å². The van der Waals surface area contributed by atoms with Gasteiger partial charge in [0.05, 0.1) is 18.4 Å². The molecule has 100 valence electrons. The maximum absolute atomic E-state index is 13.7. The molecule has 2 rings (SSSR count). The van der Waals surface area contributed by atoms with Gasteiger partial charge in [-0.3, -0.25) is 0 Å². The standard InChI is InChI=1S/C13H11F2NO2S/c1-18-13(17)9-2-3-10(12(15)11(9)14)16-6-8-4-5-19-7-8/h2-5,7,16H,6H2,1H3. The first-order chi connectivity index (χ1) is 9.13. The van der Waals surface area contributed by atoms with Crippen molar-refractivity contribution in [1.29, 1.82) is 0 Å². The monoisotopic (exact) mass is 283 g/mol. The van der Waals surface area contributed by atoms with E-state index in [0.29, 0.717) is 6.54 Å². The Labute approximate surface area is 112 Å². The molecule has 0 aliphatic heterocycles. The highest BCUT2D eigenvalue weighted by Gasteiger charge is 2.18. The molecule has 1 heterocycles. The summed E-state index contributed by atoms with van der Waals surface area (Å²) in [5, 5.41) is 6.58. The van der Waals surface area contributed by atoms with Crippen molar-refractivity contribution in [3.05, 3.63) is 51.7 Å². The van der Waals surface area contributed by atoms with Crippen LogP contribution in [0.5, 0.6) is 0 Å². The van der Waals surface area contributed by atoms with Gasteiger partial charge in [0.2, 0.25) is 0 Å². The summed E-state index contributed by atoms with van der Waals surface area (Å²) in [5.74, 6) is -3.19. The number of carbonyl (C=O) groups excluding carboxylic acids is 1. The molecule has 6 heteroatoms. The maximum atomic E-state index is 13.7. The molecule has 0 fully saturated rings. The average molecular weight is 283 g/mol. The lowest BCUT2D eigenvalue weighted by Crippen LogP contribution is -2.09. The molecule has 0 saturated heterocycles. The minimum atomic E-state index is -1.21. The summed E-state index contributed by atoms with van der Waals surface area (Å²) in [6.45, 7) is 0.386. The van der Waals surface area contributed by atoms with Gasteiger partial charge in [-0.25, -0.2) is 13.6 Å². The Kier molecular flexibility index (Phi) is 4.11. The number of thiophene rings is 1. The van der Waals surface area contributed by atoms with Crippen LogP contribution in [0.3, 0.4) is 0 Å². The van der Waals surface area contributed by atoms with Crippen molar-refractivity contribution in [3.8, 4) is 0 Å². The molecule has 19 heavy (non-hydrogen) atoms. The Balaban J connectivity index is 2.19. The second-order valence-corrected chi connectivity index (χ2v) is 4.55. The lowest BCUT2D eigenvalue weighted by Gasteiger charge is -2.09. The van der Waals surface area contributed by atoms with Gasteiger partial charge in [0.15, 0.2) is 11.6 Å². The molecule has 0 unspecified atom stereocenters. The second kappa shape index (κ2) is 5.79. The van der Waals surface area contributed by atoms with Crippen molar-refractivity contribution >= 4 is 23.0 Å². The van der Waals surface area contributed by atoms with Crippen molar-refractivity contribution in [1.82, 2.24) is 0 Å². The number of carbonyl (C=O) groups is 1. The number of benzene rings is 1. The average Bonchev–Trinajstić information content (AvgIpc) is 2.93. The number of hydrogen-bond acceptors (Lipinski definition) is 4. The predicted octanol–water partition coefficient (Wildman–Crippen LogP) is 3.43. The van der Waals surface area contributed by atoms with Gasteiger partial charge in [-0.1, -0.05) is 0 Å². The molecular weight excluding hydrogens is 272 g/mol. The lowest BCUT2D eigenvalue weighted by atomic mass is 10.1. The van der Waals surface area contributed by atoms with Crippen LogP contribution in [0.15, 0.2) is 29.0 Å². The number of hydrogen-bond donors (Lipinski definition) is 1. The number of anilines is 1. The van der Waals surface area contributed by atoms with Crippen LogP contribution in [-0.4, -0.2) is 13.1 Å². The van der Waals surface area contributed by atoms with Crippen LogP contribution in [0, 0.1) is 11.6 Å². The summed E-state index contributed by atoms with van der Waals surface area (Å²) < 4.78 is 31.8. The Morgan fingerprint density at radius 2 is 2.11 bits per heavy atom. The normalized spacial score (nSPS) is 10.3. The number of ether oxygens (including phenoxy) is 1. The molecule has 1 aromatic heterocycles. The zero-order valence-electron chi connectivity index (χ0n) is 10.1. The Morgan fingerprint density at radius 1 is 1.32 bits per heavy atom. The van der Waals surface area contributed by atoms with E-state index in [1.807, 2.05) is 16.8 Å². The minimum Gasteiger partial charge on any atom is -0.465 e. The van der Waals surface area contributed by atoms with E-state index >= 15 is 0 Å². The third kappa shape index (κ3) is 2.90. The van der Waals surface area contributed by atoms with E-state index in [1.165, 1.54) is 23.5 Å². The first-order valence-corrected chi connectivity index (χ1v) is 6.39. The molecule has 0 saturated carbocycles. The first-order valence-electron chi connectivity index (χ1n) is 5.44. The number of esters is 1. The first kappa shape index (κ1) is 13.5. The van der Waals surface area contributed by atoms with Crippen molar-refractivity contribution in [3.63, 3.8) is 0 Å². The van der Waals surface area contributed by atoms with Gasteiger partial charge in [-0.15, -0.1) is 0 Å². The van der Waals surface area contributed by atoms with Gasteiger partial charge in [0.1, 0.15) is 0 Å². The van der Waals surface area contributed by atoms with Gasteiger partial charge >= 0.3 is 5.97 Å². The molecule has 0 spiro atoms. The summed E-state index contributed by atoms with van der Waals surface area (Å²) >= 11 is 1.52. The Morgan fingerprint density at radius 3 is 2.74 bits per heavy atom. The summed E-state index contributed by atoms with van der Waals surface area (Å²) in [6, 6.07) is 4.39. The van der Waals surface area contributed by atoms with E-state index in [4.69, 9.17) is 0 Å². The molecule has 1 aromatic carbocycles. The summed E-state index contributed by atoms with van der Waals surface area (Å²) in [4.78, 5) is 11.2. The highest BCUT2D eigenvalue weighted by molar-refractivity contribution is 7.07. The predicted molar refractivity (Wildman–Crippen MR) is 69.3 cm³/mol. The summed E-state index contributed by atoms with van der Waals surface area (Å²) in [7, 11) is 1.11. The maximum Gasteiger partial charge on any atom is 0.340 e. The highest BCUT2D eigenvalue weighted by atomic mass is 32.1. The van der Waals surface area contributed by atoms with Gasteiger partial charge in [-0.2, -0.15) is 11.3 Å². The molecular formula is C13H11F2NO2S. The fraction of sp³-hybridized carbons (Fsp3) is 0.154. The minimum absolute atomic E-state index is 0.0105. The fourth-order valence-corrected chi connectivity index (χ4v) is 2.21. The molecule has 1 N–H and O–H groups in total. The van der Waals surface area contributed by atoms with Gasteiger partial charge in [-0.05, 0) is 34.5 Å². The molecule has 0 bridgehead atoms. The highest BCUT2D eigenvalue weighted by Crippen LogP contribution is 2.22. The van der Waals surface area contributed by atoms with E-state index in [2.05, 4.69) is 10.1 Å². The quantitative estimate of drug-likeness (QED) is 0.874. The van der Waals surface area contributed by atoms with E-state index < -0.39 is 23.2 Å². The van der Waals surface area contributed by atoms with E-state index in [-0.39, 0.29) is 5.69 Å². The summed E-state index contributed by atoms with van der Waals surface area (Å²) in [6.07, 6.45) is 0. The zero-order chi connectivity index (χ0) is 13.8. The third-order valence-electron chi connectivity index (χ3n) is 2.55.